The minimum absolute atomic E-state index is 0.108. The van der Waals surface area contributed by atoms with Crippen LogP contribution in [0.4, 0.5) is 19.0 Å². The van der Waals surface area contributed by atoms with E-state index in [0.29, 0.717) is 30.0 Å². The lowest BCUT2D eigenvalue weighted by Gasteiger charge is -2.29. The summed E-state index contributed by atoms with van der Waals surface area (Å²) in [6, 6.07) is 8.14. The summed E-state index contributed by atoms with van der Waals surface area (Å²) in [5, 5.41) is 0. The van der Waals surface area contributed by atoms with Gasteiger partial charge < -0.3 is 4.90 Å². The first kappa shape index (κ1) is 20.0. The SMILES string of the molecule is Cc1ncc2c(n1)CCN(c1cc(C(=O)Cc3cccc(C(F)(F)F)c3)ccn1)C2. The first-order valence-corrected chi connectivity index (χ1v) is 9.51. The second kappa shape index (κ2) is 7.85. The Morgan fingerprint density at radius 1 is 1.17 bits per heavy atom. The second-order valence-electron chi connectivity index (χ2n) is 7.26. The number of Topliss-reactive ketones (excluding diaryl/α,β-unsaturated/α-hetero) is 1. The number of ketones is 1. The van der Waals surface area contributed by atoms with E-state index < -0.39 is 11.7 Å². The topological polar surface area (TPSA) is 59.0 Å². The Kier molecular flexibility index (Phi) is 5.24. The van der Waals surface area contributed by atoms with Crippen molar-refractivity contribution >= 4 is 11.6 Å². The molecule has 8 heteroatoms. The Morgan fingerprint density at radius 2 is 2.00 bits per heavy atom. The van der Waals surface area contributed by atoms with Crippen LogP contribution in [-0.4, -0.2) is 27.3 Å². The monoisotopic (exact) mass is 412 g/mol. The number of carbonyl (C=O) groups is 1. The van der Waals surface area contributed by atoms with Crippen LogP contribution in [0.2, 0.25) is 0 Å². The Hall–Kier alpha value is -3.29. The van der Waals surface area contributed by atoms with E-state index in [2.05, 4.69) is 15.0 Å². The molecule has 0 unspecified atom stereocenters. The predicted octanol–water partition coefficient (Wildman–Crippen LogP) is 4.19. The maximum atomic E-state index is 12.9. The molecule has 0 saturated heterocycles. The summed E-state index contributed by atoms with van der Waals surface area (Å²) in [5.74, 6) is 1.13. The van der Waals surface area contributed by atoms with Gasteiger partial charge in [0.25, 0.3) is 0 Å². The van der Waals surface area contributed by atoms with Gasteiger partial charge in [0, 0.05) is 49.5 Å². The van der Waals surface area contributed by atoms with Crippen LogP contribution in [0.1, 0.15) is 38.6 Å². The van der Waals surface area contributed by atoms with Gasteiger partial charge in [0.1, 0.15) is 11.6 Å². The number of aromatic nitrogens is 3. The van der Waals surface area contributed by atoms with Crippen molar-refractivity contribution in [1.82, 2.24) is 15.0 Å². The third kappa shape index (κ3) is 4.32. The maximum Gasteiger partial charge on any atom is 0.416 e. The molecule has 0 fully saturated rings. The molecule has 2 aromatic heterocycles. The Morgan fingerprint density at radius 3 is 2.80 bits per heavy atom. The van der Waals surface area contributed by atoms with Gasteiger partial charge in [0.15, 0.2) is 5.78 Å². The zero-order chi connectivity index (χ0) is 21.3. The van der Waals surface area contributed by atoms with Crippen molar-refractivity contribution in [2.24, 2.45) is 0 Å². The molecule has 0 amide bonds. The number of aryl methyl sites for hydroxylation is 1. The number of rotatable bonds is 4. The fraction of sp³-hybridized carbons (Fsp3) is 0.273. The standard InChI is InChI=1S/C22H19F3N4O/c1-14-27-12-17-13-29(8-6-19(17)28-14)21-11-16(5-7-26-21)20(30)10-15-3-2-4-18(9-15)22(23,24)25/h2-5,7,9,11-12H,6,8,10,13H2,1H3. The Bertz CT molecular complexity index is 1100. The molecule has 30 heavy (non-hydrogen) atoms. The minimum atomic E-state index is -4.43. The van der Waals surface area contributed by atoms with Gasteiger partial charge in [-0.1, -0.05) is 18.2 Å². The van der Waals surface area contributed by atoms with Crippen molar-refractivity contribution in [3.05, 3.63) is 82.6 Å². The molecule has 0 radical (unpaired) electrons. The summed E-state index contributed by atoms with van der Waals surface area (Å²) in [4.78, 5) is 27.8. The number of pyridine rings is 1. The molecule has 0 spiro atoms. The molecule has 0 bridgehead atoms. The largest absolute Gasteiger partial charge is 0.416 e. The summed E-state index contributed by atoms with van der Waals surface area (Å²) in [6.07, 6.45) is -0.426. The molecule has 154 valence electrons. The van der Waals surface area contributed by atoms with Crippen LogP contribution in [0, 0.1) is 6.92 Å². The number of alkyl halides is 3. The number of benzene rings is 1. The van der Waals surface area contributed by atoms with E-state index >= 15 is 0 Å². The van der Waals surface area contributed by atoms with Gasteiger partial charge in [0.05, 0.1) is 11.3 Å². The zero-order valence-corrected chi connectivity index (χ0v) is 16.3. The molecule has 3 heterocycles. The molecule has 0 N–H and O–H groups in total. The number of nitrogens with zero attached hydrogens (tertiary/aromatic N) is 4. The van der Waals surface area contributed by atoms with Crippen LogP contribution in [0.25, 0.3) is 0 Å². The van der Waals surface area contributed by atoms with Crippen molar-refractivity contribution in [2.45, 2.75) is 32.5 Å². The van der Waals surface area contributed by atoms with Crippen LogP contribution in [0.3, 0.4) is 0 Å². The number of halogens is 3. The molecule has 3 aromatic rings. The Labute approximate surface area is 171 Å². The smallest absolute Gasteiger partial charge is 0.352 e. The van der Waals surface area contributed by atoms with E-state index in [1.165, 1.54) is 12.1 Å². The predicted molar refractivity (Wildman–Crippen MR) is 105 cm³/mol. The fourth-order valence-electron chi connectivity index (χ4n) is 3.52. The number of anilines is 1. The minimum Gasteiger partial charge on any atom is -0.352 e. The third-order valence-electron chi connectivity index (χ3n) is 5.06. The highest BCUT2D eigenvalue weighted by molar-refractivity contribution is 5.98. The van der Waals surface area contributed by atoms with Crippen LogP contribution >= 0.6 is 0 Å². The normalized spacial score (nSPS) is 13.8. The third-order valence-corrected chi connectivity index (χ3v) is 5.06. The average Bonchev–Trinajstić information content (AvgIpc) is 2.73. The molecule has 0 saturated carbocycles. The molecule has 1 aromatic carbocycles. The summed E-state index contributed by atoms with van der Waals surface area (Å²) in [7, 11) is 0. The van der Waals surface area contributed by atoms with Crippen molar-refractivity contribution in [1.29, 1.82) is 0 Å². The lowest BCUT2D eigenvalue weighted by molar-refractivity contribution is -0.137. The fourth-order valence-corrected chi connectivity index (χ4v) is 3.52. The van der Waals surface area contributed by atoms with Crippen molar-refractivity contribution in [3.8, 4) is 0 Å². The lowest BCUT2D eigenvalue weighted by Crippen LogP contribution is -2.32. The first-order chi connectivity index (χ1) is 14.3. The first-order valence-electron chi connectivity index (χ1n) is 9.51. The van der Waals surface area contributed by atoms with Crippen LogP contribution in [-0.2, 0) is 25.6 Å². The molecule has 1 aliphatic rings. The van der Waals surface area contributed by atoms with E-state index in [1.807, 2.05) is 18.0 Å². The van der Waals surface area contributed by atoms with E-state index in [1.54, 1.807) is 18.3 Å². The van der Waals surface area contributed by atoms with Gasteiger partial charge >= 0.3 is 6.18 Å². The highest BCUT2D eigenvalue weighted by Crippen LogP contribution is 2.30. The lowest BCUT2D eigenvalue weighted by atomic mass is 10.0. The number of hydrogen-bond acceptors (Lipinski definition) is 5. The van der Waals surface area contributed by atoms with E-state index in [-0.39, 0.29) is 12.2 Å². The van der Waals surface area contributed by atoms with Gasteiger partial charge in [-0.25, -0.2) is 15.0 Å². The van der Waals surface area contributed by atoms with Crippen LogP contribution in [0.15, 0.2) is 48.8 Å². The quantitative estimate of drug-likeness (QED) is 0.602. The maximum absolute atomic E-state index is 12.9. The number of fused-ring (bicyclic) bond motifs is 1. The molecule has 0 atom stereocenters. The van der Waals surface area contributed by atoms with Crippen molar-refractivity contribution in [2.75, 3.05) is 11.4 Å². The van der Waals surface area contributed by atoms with Gasteiger partial charge in [-0.2, -0.15) is 13.2 Å². The summed E-state index contributed by atoms with van der Waals surface area (Å²) >= 11 is 0. The summed E-state index contributed by atoms with van der Waals surface area (Å²) in [5.41, 5.74) is 2.04. The molecular weight excluding hydrogens is 393 g/mol. The summed E-state index contributed by atoms with van der Waals surface area (Å²) in [6.45, 7) is 3.16. The zero-order valence-electron chi connectivity index (χ0n) is 16.3. The summed E-state index contributed by atoms with van der Waals surface area (Å²) < 4.78 is 38.7. The average molecular weight is 412 g/mol. The van der Waals surface area contributed by atoms with E-state index in [0.717, 1.165) is 35.6 Å². The van der Waals surface area contributed by atoms with Crippen LogP contribution < -0.4 is 4.90 Å². The second-order valence-corrected chi connectivity index (χ2v) is 7.26. The van der Waals surface area contributed by atoms with Gasteiger partial charge in [0.2, 0.25) is 0 Å². The van der Waals surface area contributed by atoms with E-state index in [4.69, 9.17) is 0 Å². The van der Waals surface area contributed by atoms with Gasteiger partial charge in [-0.15, -0.1) is 0 Å². The molecular formula is C22H19F3N4O. The Balaban J connectivity index is 1.51. The highest BCUT2D eigenvalue weighted by atomic mass is 19.4. The molecule has 4 rings (SSSR count). The van der Waals surface area contributed by atoms with E-state index in [9.17, 15) is 18.0 Å². The van der Waals surface area contributed by atoms with Crippen molar-refractivity contribution in [3.63, 3.8) is 0 Å². The number of carbonyl (C=O) groups excluding carboxylic acids is 1. The van der Waals surface area contributed by atoms with Gasteiger partial charge in [-0.3, -0.25) is 4.79 Å². The highest BCUT2D eigenvalue weighted by Gasteiger charge is 2.30. The molecule has 1 aliphatic heterocycles. The van der Waals surface area contributed by atoms with Crippen LogP contribution in [0.5, 0.6) is 0 Å². The molecule has 0 aliphatic carbocycles. The molecule has 5 nitrogen and oxygen atoms in total. The van der Waals surface area contributed by atoms with Crippen molar-refractivity contribution < 1.29 is 18.0 Å². The van der Waals surface area contributed by atoms with Gasteiger partial charge in [-0.05, 0) is 30.7 Å². The number of hydrogen-bond donors (Lipinski definition) is 0.